The van der Waals surface area contributed by atoms with Crippen molar-refractivity contribution >= 4 is 17.0 Å². The first-order chi connectivity index (χ1) is 6.83. The van der Waals surface area contributed by atoms with Gasteiger partial charge in [0, 0.05) is 0 Å². The number of hydrogen-bond acceptors (Lipinski definition) is 5. The summed E-state index contributed by atoms with van der Waals surface area (Å²) in [4.78, 5) is 0.888. The first kappa shape index (κ1) is 8.96. The molecule has 0 aliphatic carbocycles. The van der Waals surface area contributed by atoms with E-state index in [0.717, 1.165) is 10.4 Å². The Bertz CT molecular complexity index is 445. The van der Waals surface area contributed by atoms with Crippen molar-refractivity contribution in [3.8, 4) is 0 Å². The third-order valence-corrected chi connectivity index (χ3v) is 2.74. The molecule has 14 heavy (non-hydrogen) atoms. The van der Waals surface area contributed by atoms with E-state index in [9.17, 15) is 0 Å². The molecule has 0 spiro atoms. The average Bonchev–Trinajstić information content (AvgIpc) is 2.80. The second kappa shape index (κ2) is 3.63. The predicted octanol–water partition coefficient (Wildman–Crippen LogP) is 2.27. The summed E-state index contributed by atoms with van der Waals surface area (Å²) in [6.07, 6.45) is 1.48. The molecule has 0 saturated heterocycles. The third kappa shape index (κ3) is 1.42. The number of aryl methyl sites for hydroxylation is 1. The van der Waals surface area contributed by atoms with Gasteiger partial charge in [-0.1, -0.05) is 16.4 Å². The molecule has 0 bridgehead atoms. The lowest BCUT2D eigenvalue weighted by atomic mass is 10.1. The molecule has 0 radical (unpaired) electrons. The summed E-state index contributed by atoms with van der Waals surface area (Å²) in [5, 5.41) is 17.8. The zero-order valence-corrected chi connectivity index (χ0v) is 8.28. The molecule has 0 aliphatic rings. The fourth-order valence-corrected chi connectivity index (χ4v) is 1.89. The van der Waals surface area contributed by atoms with Crippen molar-refractivity contribution in [2.24, 2.45) is 5.16 Å². The molecule has 2 aromatic heterocycles. The summed E-state index contributed by atoms with van der Waals surface area (Å²) in [7, 11) is 0. The normalized spacial score (nSPS) is 11.9. The van der Waals surface area contributed by atoms with Crippen molar-refractivity contribution in [1.82, 2.24) is 5.16 Å². The van der Waals surface area contributed by atoms with E-state index in [1.807, 2.05) is 17.5 Å². The van der Waals surface area contributed by atoms with Crippen LogP contribution in [0.1, 0.15) is 16.1 Å². The second-order valence-electron chi connectivity index (χ2n) is 2.74. The van der Waals surface area contributed by atoms with Crippen molar-refractivity contribution in [3.63, 3.8) is 0 Å². The summed E-state index contributed by atoms with van der Waals surface area (Å²) in [5.74, 6) is 0. The third-order valence-electron chi connectivity index (χ3n) is 1.86. The van der Waals surface area contributed by atoms with E-state index in [1.54, 1.807) is 6.92 Å². The van der Waals surface area contributed by atoms with Gasteiger partial charge in [-0.25, -0.2) is 0 Å². The van der Waals surface area contributed by atoms with Gasteiger partial charge in [0.1, 0.15) is 12.0 Å². The van der Waals surface area contributed by atoms with Crippen LogP contribution in [0.25, 0.3) is 0 Å². The Hall–Kier alpha value is -1.62. The number of nitrogens with zero attached hydrogens (tertiary/aromatic N) is 2. The van der Waals surface area contributed by atoms with Gasteiger partial charge in [-0.2, -0.15) is 0 Å². The maximum absolute atomic E-state index is 8.92. The van der Waals surface area contributed by atoms with Gasteiger partial charge in [0.2, 0.25) is 0 Å². The summed E-state index contributed by atoms with van der Waals surface area (Å²) in [5.41, 5.74) is 1.93. The van der Waals surface area contributed by atoms with Crippen LogP contribution >= 0.6 is 11.3 Å². The first-order valence-corrected chi connectivity index (χ1v) is 4.88. The zero-order chi connectivity index (χ0) is 9.97. The molecule has 0 atom stereocenters. The van der Waals surface area contributed by atoms with E-state index in [4.69, 9.17) is 9.73 Å². The van der Waals surface area contributed by atoms with Crippen LogP contribution in [0, 0.1) is 6.92 Å². The fraction of sp³-hybridized carbons (Fsp3) is 0.111. The van der Waals surface area contributed by atoms with Crippen molar-refractivity contribution in [2.45, 2.75) is 6.92 Å². The van der Waals surface area contributed by atoms with Crippen LogP contribution in [0.15, 0.2) is 33.5 Å². The molecule has 72 valence electrons. The largest absolute Gasteiger partial charge is 0.410 e. The molecule has 0 aliphatic heterocycles. The topological polar surface area (TPSA) is 58.6 Å². The van der Waals surface area contributed by atoms with E-state index < -0.39 is 0 Å². The highest BCUT2D eigenvalue weighted by Crippen LogP contribution is 2.17. The van der Waals surface area contributed by atoms with Gasteiger partial charge >= 0.3 is 0 Å². The number of thiophene rings is 1. The molecular formula is C9H8N2O2S. The van der Waals surface area contributed by atoms with Gasteiger partial charge in [-0.15, -0.1) is 11.3 Å². The Morgan fingerprint density at radius 3 is 3.00 bits per heavy atom. The molecule has 4 nitrogen and oxygen atoms in total. The quantitative estimate of drug-likeness (QED) is 0.468. The average molecular weight is 208 g/mol. The van der Waals surface area contributed by atoms with Crippen molar-refractivity contribution in [1.29, 1.82) is 0 Å². The van der Waals surface area contributed by atoms with Crippen LogP contribution in [0.2, 0.25) is 0 Å². The van der Waals surface area contributed by atoms with E-state index >= 15 is 0 Å². The van der Waals surface area contributed by atoms with Gasteiger partial charge in [0.25, 0.3) is 0 Å². The predicted molar refractivity (Wildman–Crippen MR) is 53.0 cm³/mol. The van der Waals surface area contributed by atoms with Crippen LogP contribution in [0.5, 0.6) is 0 Å². The highest BCUT2D eigenvalue weighted by Gasteiger charge is 2.14. The van der Waals surface area contributed by atoms with Crippen molar-refractivity contribution < 1.29 is 9.73 Å². The minimum atomic E-state index is 0.499. The van der Waals surface area contributed by atoms with Gasteiger partial charge in [0.05, 0.1) is 16.1 Å². The Kier molecular flexibility index (Phi) is 2.32. The monoisotopic (exact) mass is 208 g/mol. The summed E-state index contributed by atoms with van der Waals surface area (Å²) >= 11 is 1.50. The minimum absolute atomic E-state index is 0.499. The highest BCUT2D eigenvalue weighted by molar-refractivity contribution is 7.12. The highest BCUT2D eigenvalue weighted by atomic mass is 32.1. The lowest BCUT2D eigenvalue weighted by Crippen LogP contribution is -2.01. The minimum Gasteiger partial charge on any atom is -0.410 e. The van der Waals surface area contributed by atoms with E-state index in [2.05, 4.69) is 10.3 Å². The Morgan fingerprint density at radius 2 is 2.50 bits per heavy atom. The molecule has 2 aromatic rings. The maximum atomic E-state index is 8.92. The van der Waals surface area contributed by atoms with Crippen LogP contribution in [-0.4, -0.2) is 16.1 Å². The molecule has 0 amide bonds. The molecule has 1 N–H and O–H groups in total. The number of rotatable bonds is 2. The molecule has 0 fully saturated rings. The first-order valence-electron chi connectivity index (χ1n) is 4.00. The Balaban J connectivity index is 2.47. The van der Waals surface area contributed by atoms with Crippen LogP contribution in [-0.2, 0) is 0 Å². The molecule has 5 heteroatoms. The van der Waals surface area contributed by atoms with Crippen molar-refractivity contribution in [2.75, 3.05) is 0 Å². The lowest BCUT2D eigenvalue weighted by molar-refractivity contribution is 0.319. The Morgan fingerprint density at radius 1 is 1.64 bits per heavy atom. The summed E-state index contributed by atoms with van der Waals surface area (Å²) < 4.78 is 4.79. The molecule has 2 rings (SSSR count). The van der Waals surface area contributed by atoms with Crippen molar-refractivity contribution in [3.05, 3.63) is 39.9 Å². The standard InChI is InChI=1S/C9H8N2O2S/c1-6-7(5-13-11-6)9(10-12)8-3-2-4-14-8/h2-5,12H,1H3. The lowest BCUT2D eigenvalue weighted by Gasteiger charge is -1.97. The van der Waals surface area contributed by atoms with Crippen LogP contribution < -0.4 is 0 Å². The summed E-state index contributed by atoms with van der Waals surface area (Å²) in [6, 6.07) is 3.78. The number of aromatic nitrogens is 1. The number of hydrogen-bond donors (Lipinski definition) is 1. The van der Waals surface area contributed by atoms with Gasteiger partial charge in [-0.05, 0) is 18.4 Å². The SMILES string of the molecule is Cc1nocc1C(=NO)c1cccs1. The van der Waals surface area contributed by atoms with Crippen LogP contribution in [0.3, 0.4) is 0 Å². The van der Waals surface area contributed by atoms with Crippen LogP contribution in [0.4, 0.5) is 0 Å². The van der Waals surface area contributed by atoms with Gasteiger partial charge < -0.3 is 9.73 Å². The zero-order valence-electron chi connectivity index (χ0n) is 7.47. The Labute approximate surface area is 84.5 Å². The summed E-state index contributed by atoms with van der Waals surface area (Å²) in [6.45, 7) is 1.80. The smallest absolute Gasteiger partial charge is 0.133 e. The van der Waals surface area contributed by atoms with E-state index in [1.165, 1.54) is 17.6 Å². The molecule has 2 heterocycles. The fourth-order valence-electron chi connectivity index (χ4n) is 1.17. The number of oxime groups is 1. The molecule has 0 unspecified atom stereocenters. The van der Waals surface area contributed by atoms with E-state index in [-0.39, 0.29) is 0 Å². The molecular weight excluding hydrogens is 200 g/mol. The van der Waals surface area contributed by atoms with E-state index in [0.29, 0.717) is 11.4 Å². The van der Waals surface area contributed by atoms with Gasteiger partial charge in [0.15, 0.2) is 0 Å². The second-order valence-corrected chi connectivity index (χ2v) is 3.69. The maximum Gasteiger partial charge on any atom is 0.133 e. The molecule has 0 saturated carbocycles. The van der Waals surface area contributed by atoms with Gasteiger partial charge in [-0.3, -0.25) is 0 Å². The molecule has 0 aromatic carbocycles.